The monoisotopic (exact) mass is 288 g/mol. The molecule has 1 fully saturated rings. The first-order valence-corrected chi connectivity index (χ1v) is 7.64. The van der Waals surface area contributed by atoms with Crippen LogP contribution in [0, 0.1) is 6.92 Å². The molecule has 20 heavy (non-hydrogen) atoms. The fourth-order valence-electron chi connectivity index (χ4n) is 2.56. The number of carbonyl (C=O) groups is 1. The maximum Gasteiger partial charge on any atom is 0.273 e. The Hall–Kier alpha value is -1.82. The average molecular weight is 288 g/mol. The molecule has 3 rings (SSSR count). The Bertz CT molecular complexity index is 599. The van der Waals surface area contributed by atoms with Crippen LogP contribution in [0.25, 0.3) is 0 Å². The maximum absolute atomic E-state index is 12.3. The third-order valence-corrected chi connectivity index (χ3v) is 4.14. The first-order chi connectivity index (χ1) is 9.74. The Morgan fingerprint density at radius 1 is 1.45 bits per heavy atom. The Kier molecular flexibility index (Phi) is 3.73. The third kappa shape index (κ3) is 2.70. The second kappa shape index (κ2) is 5.66. The predicted molar refractivity (Wildman–Crippen MR) is 76.8 cm³/mol. The van der Waals surface area contributed by atoms with Crippen LogP contribution in [0.1, 0.15) is 40.6 Å². The molecule has 0 unspecified atom stereocenters. The topological polar surface area (TPSA) is 59.0 Å². The molecule has 0 aromatic carbocycles. The highest BCUT2D eigenvalue weighted by Gasteiger charge is 2.27. The van der Waals surface area contributed by atoms with Crippen molar-refractivity contribution in [1.82, 2.24) is 19.9 Å². The Balaban J connectivity index is 1.75. The van der Waals surface area contributed by atoms with Crippen LogP contribution in [0.5, 0.6) is 0 Å². The number of thiazole rings is 1. The minimum absolute atomic E-state index is 0.0246. The number of carbonyl (C=O) groups excluding carboxylic acids is 1. The van der Waals surface area contributed by atoms with Crippen molar-refractivity contribution in [3.63, 3.8) is 0 Å². The van der Waals surface area contributed by atoms with Gasteiger partial charge in [0.1, 0.15) is 5.69 Å². The van der Waals surface area contributed by atoms with E-state index in [-0.39, 0.29) is 11.8 Å². The van der Waals surface area contributed by atoms with Gasteiger partial charge >= 0.3 is 0 Å². The van der Waals surface area contributed by atoms with Crippen molar-refractivity contribution in [1.29, 1.82) is 0 Å². The van der Waals surface area contributed by atoms with E-state index in [2.05, 4.69) is 15.0 Å². The summed E-state index contributed by atoms with van der Waals surface area (Å²) in [6.45, 7) is 3.44. The Morgan fingerprint density at radius 2 is 2.35 bits per heavy atom. The number of likely N-dealkylation sites (tertiary alicyclic amines) is 1. The fourth-order valence-corrected chi connectivity index (χ4v) is 3.09. The van der Waals surface area contributed by atoms with Gasteiger partial charge in [-0.15, -0.1) is 11.3 Å². The molecule has 1 aliphatic rings. The summed E-state index contributed by atoms with van der Waals surface area (Å²) < 4.78 is 0. The van der Waals surface area contributed by atoms with Gasteiger partial charge in [-0.1, -0.05) is 0 Å². The van der Waals surface area contributed by atoms with Crippen LogP contribution in [-0.2, 0) is 0 Å². The molecular weight excluding hydrogens is 272 g/mol. The number of piperidine rings is 1. The zero-order chi connectivity index (χ0) is 13.9. The summed E-state index contributed by atoms with van der Waals surface area (Å²) in [5.74, 6) is 0.301. The van der Waals surface area contributed by atoms with Gasteiger partial charge in [0.25, 0.3) is 5.91 Å². The lowest BCUT2D eigenvalue weighted by Crippen LogP contribution is -2.39. The smallest absolute Gasteiger partial charge is 0.273 e. The standard InChI is InChI=1S/C14H16N4OS/c1-10-5-15-6-12(17-10)11-3-2-4-18(7-11)14(19)13-8-20-9-16-13/h5-6,8-9,11H,2-4,7H2,1H3/t11-/m0/s1. The number of nitrogens with zero attached hydrogens (tertiary/aromatic N) is 4. The lowest BCUT2D eigenvalue weighted by atomic mass is 9.95. The summed E-state index contributed by atoms with van der Waals surface area (Å²) in [4.78, 5) is 27.1. The maximum atomic E-state index is 12.3. The molecule has 0 bridgehead atoms. The van der Waals surface area contributed by atoms with Gasteiger partial charge in [0, 0.05) is 36.8 Å². The molecule has 2 aromatic heterocycles. The Labute approximate surface area is 121 Å². The fraction of sp³-hybridized carbons (Fsp3) is 0.429. The molecular formula is C14H16N4OS. The Morgan fingerprint density at radius 3 is 3.10 bits per heavy atom. The van der Waals surface area contributed by atoms with Gasteiger partial charge < -0.3 is 4.90 Å². The van der Waals surface area contributed by atoms with Crippen molar-refractivity contribution in [2.24, 2.45) is 0 Å². The molecule has 1 aliphatic heterocycles. The van der Waals surface area contributed by atoms with E-state index in [1.165, 1.54) is 11.3 Å². The van der Waals surface area contributed by atoms with E-state index in [0.29, 0.717) is 12.2 Å². The van der Waals surface area contributed by atoms with Crippen LogP contribution in [0.4, 0.5) is 0 Å². The van der Waals surface area contributed by atoms with Crippen molar-refractivity contribution in [2.75, 3.05) is 13.1 Å². The molecule has 1 atom stereocenters. The van der Waals surface area contributed by atoms with Crippen LogP contribution in [0.3, 0.4) is 0 Å². The van der Waals surface area contributed by atoms with E-state index in [1.54, 1.807) is 17.1 Å². The number of aryl methyl sites for hydroxylation is 1. The minimum Gasteiger partial charge on any atom is -0.337 e. The summed E-state index contributed by atoms with van der Waals surface area (Å²) >= 11 is 1.45. The zero-order valence-corrected chi connectivity index (χ0v) is 12.1. The second-order valence-electron chi connectivity index (χ2n) is 5.05. The lowest BCUT2D eigenvalue weighted by Gasteiger charge is -2.32. The highest BCUT2D eigenvalue weighted by molar-refractivity contribution is 7.07. The van der Waals surface area contributed by atoms with Crippen molar-refractivity contribution in [3.8, 4) is 0 Å². The van der Waals surface area contributed by atoms with E-state index < -0.39 is 0 Å². The second-order valence-corrected chi connectivity index (χ2v) is 5.77. The summed E-state index contributed by atoms with van der Waals surface area (Å²) in [6, 6.07) is 0. The summed E-state index contributed by atoms with van der Waals surface area (Å²) in [6.07, 6.45) is 5.62. The molecule has 2 aromatic rings. The highest BCUT2D eigenvalue weighted by Crippen LogP contribution is 2.26. The van der Waals surface area contributed by atoms with Crippen LogP contribution in [-0.4, -0.2) is 38.8 Å². The van der Waals surface area contributed by atoms with Crippen LogP contribution in [0.15, 0.2) is 23.3 Å². The van der Waals surface area contributed by atoms with Gasteiger partial charge in [0.2, 0.25) is 0 Å². The average Bonchev–Trinajstić information content (AvgIpc) is 3.01. The van der Waals surface area contributed by atoms with Gasteiger partial charge in [-0.2, -0.15) is 0 Å². The molecule has 0 saturated carbocycles. The highest BCUT2D eigenvalue weighted by atomic mass is 32.1. The van der Waals surface area contributed by atoms with Gasteiger partial charge in [0.15, 0.2) is 0 Å². The van der Waals surface area contributed by atoms with Crippen molar-refractivity contribution in [3.05, 3.63) is 40.4 Å². The van der Waals surface area contributed by atoms with E-state index in [1.807, 2.05) is 18.0 Å². The SMILES string of the molecule is Cc1cncc([C@H]2CCCN(C(=O)c3cscn3)C2)n1. The molecule has 0 N–H and O–H groups in total. The normalized spacial score (nSPS) is 19.1. The van der Waals surface area contributed by atoms with Crippen LogP contribution >= 0.6 is 11.3 Å². The van der Waals surface area contributed by atoms with E-state index in [9.17, 15) is 4.79 Å². The molecule has 5 nitrogen and oxygen atoms in total. The molecule has 6 heteroatoms. The number of hydrogen-bond acceptors (Lipinski definition) is 5. The molecule has 3 heterocycles. The van der Waals surface area contributed by atoms with Gasteiger partial charge in [-0.05, 0) is 19.8 Å². The molecule has 0 aliphatic carbocycles. The first kappa shape index (κ1) is 13.2. The summed E-state index contributed by atoms with van der Waals surface area (Å²) in [7, 11) is 0. The molecule has 0 radical (unpaired) electrons. The third-order valence-electron chi connectivity index (χ3n) is 3.55. The number of hydrogen-bond donors (Lipinski definition) is 0. The molecule has 0 spiro atoms. The van der Waals surface area contributed by atoms with E-state index >= 15 is 0 Å². The molecule has 104 valence electrons. The van der Waals surface area contributed by atoms with E-state index in [4.69, 9.17) is 0 Å². The summed E-state index contributed by atoms with van der Waals surface area (Å²) in [5.41, 5.74) is 4.15. The van der Waals surface area contributed by atoms with Crippen molar-refractivity contribution in [2.45, 2.75) is 25.7 Å². The molecule has 1 saturated heterocycles. The quantitative estimate of drug-likeness (QED) is 0.850. The minimum atomic E-state index is 0.0246. The number of amides is 1. The van der Waals surface area contributed by atoms with Gasteiger partial charge in [-0.25, -0.2) is 4.98 Å². The number of aromatic nitrogens is 3. The summed E-state index contributed by atoms with van der Waals surface area (Å²) in [5, 5.41) is 1.80. The largest absolute Gasteiger partial charge is 0.337 e. The van der Waals surface area contributed by atoms with Gasteiger partial charge in [0.05, 0.1) is 16.9 Å². The van der Waals surface area contributed by atoms with Crippen LogP contribution in [0.2, 0.25) is 0 Å². The van der Waals surface area contributed by atoms with E-state index in [0.717, 1.165) is 30.8 Å². The zero-order valence-electron chi connectivity index (χ0n) is 11.3. The van der Waals surface area contributed by atoms with Crippen molar-refractivity contribution < 1.29 is 4.79 Å². The predicted octanol–water partition coefficient (Wildman–Crippen LogP) is 2.26. The molecule has 1 amide bonds. The lowest BCUT2D eigenvalue weighted by molar-refractivity contribution is 0.0700. The van der Waals surface area contributed by atoms with Gasteiger partial charge in [-0.3, -0.25) is 14.8 Å². The number of rotatable bonds is 2. The van der Waals surface area contributed by atoms with Crippen molar-refractivity contribution >= 4 is 17.2 Å². The first-order valence-electron chi connectivity index (χ1n) is 6.70. The van der Waals surface area contributed by atoms with Crippen LogP contribution < -0.4 is 0 Å².